The first-order valence-corrected chi connectivity index (χ1v) is 14.5. The lowest BCUT2D eigenvalue weighted by Crippen LogP contribution is -2.59. The van der Waals surface area contributed by atoms with Crippen LogP contribution in [0.25, 0.3) is 0 Å². The van der Waals surface area contributed by atoms with Crippen molar-refractivity contribution in [1.29, 1.82) is 0 Å². The molecule has 4 aliphatic rings. The van der Waals surface area contributed by atoms with Gasteiger partial charge in [-0.2, -0.15) is 0 Å². The molecule has 3 fully saturated rings. The van der Waals surface area contributed by atoms with Gasteiger partial charge in [-0.3, -0.25) is 24.0 Å². The molecule has 0 aromatic rings. The van der Waals surface area contributed by atoms with E-state index >= 15 is 0 Å². The van der Waals surface area contributed by atoms with Crippen molar-refractivity contribution >= 4 is 35.4 Å². The Kier molecular flexibility index (Phi) is 8.78. The molecule has 11 heteroatoms. The summed E-state index contributed by atoms with van der Waals surface area (Å²) in [7, 11) is 0. The van der Waals surface area contributed by atoms with E-state index in [0.717, 1.165) is 25.7 Å². The fourth-order valence-electron chi connectivity index (χ4n) is 8.49. The normalized spacial score (nSPS) is 34.7. The third kappa shape index (κ3) is 5.57. The Morgan fingerprint density at radius 3 is 2.39 bits per heavy atom. The summed E-state index contributed by atoms with van der Waals surface area (Å²) in [5.41, 5.74) is -0.865. The molecule has 0 bridgehead atoms. The third-order valence-corrected chi connectivity index (χ3v) is 10.6. The molecule has 41 heavy (non-hydrogen) atoms. The number of aliphatic hydroxyl groups is 1. The molecule has 0 saturated heterocycles. The number of carboxylic acids is 1. The molecule has 4 rings (SSSR count). The topological polar surface area (TPSA) is 173 Å². The zero-order valence-electron chi connectivity index (χ0n) is 24.0. The van der Waals surface area contributed by atoms with Gasteiger partial charge in [0.25, 0.3) is 0 Å². The second-order valence-corrected chi connectivity index (χ2v) is 12.6. The largest absolute Gasteiger partial charge is 0.480 e. The average Bonchev–Trinajstić information content (AvgIpc) is 3.21. The molecule has 3 N–H and O–H groups in total. The van der Waals surface area contributed by atoms with Gasteiger partial charge in [0, 0.05) is 25.2 Å². The van der Waals surface area contributed by atoms with Crippen LogP contribution < -0.4 is 5.32 Å². The zero-order valence-corrected chi connectivity index (χ0v) is 24.0. The monoisotopic (exact) mass is 575 g/mol. The highest BCUT2D eigenvalue weighted by atomic mass is 16.6. The molecule has 7 atom stereocenters. The van der Waals surface area contributed by atoms with E-state index in [1.165, 1.54) is 12.5 Å². The molecule has 0 aromatic heterocycles. The first-order chi connectivity index (χ1) is 19.3. The van der Waals surface area contributed by atoms with E-state index in [-0.39, 0.29) is 23.5 Å². The van der Waals surface area contributed by atoms with Crippen molar-refractivity contribution in [2.45, 2.75) is 96.6 Å². The highest BCUT2D eigenvalue weighted by Gasteiger charge is 2.68. The van der Waals surface area contributed by atoms with Crippen LogP contribution in [0.4, 0.5) is 0 Å². The number of Topliss-reactive ketones (excluding diaryl/α,β-unsaturated/α-hetero) is 1. The maximum atomic E-state index is 13.8. The Labute approximate surface area is 239 Å². The molecule has 0 spiro atoms. The Bertz CT molecular complexity index is 1160. The van der Waals surface area contributed by atoms with Crippen molar-refractivity contribution in [3.8, 4) is 0 Å². The predicted molar refractivity (Wildman–Crippen MR) is 143 cm³/mol. The summed E-state index contributed by atoms with van der Waals surface area (Å²) < 4.78 is 11.1. The van der Waals surface area contributed by atoms with Crippen molar-refractivity contribution in [1.82, 2.24) is 5.32 Å². The molecular formula is C30H41NO10. The fourth-order valence-corrected chi connectivity index (χ4v) is 8.49. The fraction of sp³-hybridized carbons (Fsp3) is 0.733. The van der Waals surface area contributed by atoms with Crippen LogP contribution in [0, 0.1) is 28.6 Å². The molecule has 0 aliphatic heterocycles. The van der Waals surface area contributed by atoms with Gasteiger partial charge in [-0.05, 0) is 74.2 Å². The van der Waals surface area contributed by atoms with Gasteiger partial charge in [0.1, 0.15) is 6.04 Å². The number of rotatable bonds is 10. The summed E-state index contributed by atoms with van der Waals surface area (Å²) in [5.74, 6) is -3.01. The van der Waals surface area contributed by atoms with Gasteiger partial charge in [0.2, 0.25) is 11.7 Å². The number of hydrogen-bond acceptors (Lipinski definition) is 9. The van der Waals surface area contributed by atoms with Gasteiger partial charge in [0.05, 0.1) is 13.0 Å². The lowest BCUT2D eigenvalue weighted by Gasteiger charge is -2.59. The molecule has 3 saturated carbocycles. The molecule has 11 nitrogen and oxygen atoms in total. The van der Waals surface area contributed by atoms with Crippen LogP contribution in [-0.4, -0.2) is 70.5 Å². The van der Waals surface area contributed by atoms with Crippen LogP contribution in [0.1, 0.15) is 85.0 Å². The first kappa shape index (κ1) is 30.9. The highest BCUT2D eigenvalue weighted by molar-refractivity contribution is 5.94. The van der Waals surface area contributed by atoms with Crippen molar-refractivity contribution in [2.75, 3.05) is 13.2 Å². The number of hydrogen-bond donors (Lipinski definition) is 3. The molecule has 0 heterocycles. The van der Waals surface area contributed by atoms with E-state index < -0.39 is 66.3 Å². The number of carboxylic acid groups (broad SMARTS) is 1. The van der Waals surface area contributed by atoms with Gasteiger partial charge < -0.3 is 25.0 Å². The van der Waals surface area contributed by atoms with Crippen LogP contribution >= 0.6 is 0 Å². The number of allylic oxidation sites excluding steroid dienone is 1. The van der Waals surface area contributed by atoms with Crippen molar-refractivity contribution < 1.29 is 48.5 Å². The lowest BCUT2D eigenvalue weighted by molar-refractivity contribution is -0.191. The summed E-state index contributed by atoms with van der Waals surface area (Å²) in [5, 5.41) is 20.0. The quantitative estimate of drug-likeness (QED) is 0.328. The average molecular weight is 576 g/mol. The number of fused-ring (bicyclic) bond motifs is 5. The van der Waals surface area contributed by atoms with E-state index in [9.17, 15) is 28.8 Å². The minimum absolute atomic E-state index is 0.0433. The number of nitrogens with one attached hydrogen (secondary N) is 1. The molecule has 226 valence electrons. The maximum Gasteiger partial charge on any atom is 0.328 e. The Morgan fingerprint density at radius 1 is 1.02 bits per heavy atom. The van der Waals surface area contributed by atoms with Gasteiger partial charge in [-0.15, -0.1) is 0 Å². The van der Waals surface area contributed by atoms with E-state index in [4.69, 9.17) is 19.7 Å². The van der Waals surface area contributed by atoms with Gasteiger partial charge in [0.15, 0.2) is 18.0 Å². The minimum atomic E-state index is -1.48. The number of carbonyl (C=O) groups is 6. The number of amides is 1. The van der Waals surface area contributed by atoms with Gasteiger partial charge in [-0.25, -0.2) is 4.79 Å². The second-order valence-electron chi connectivity index (χ2n) is 12.6. The number of esters is 2. The Balaban J connectivity index is 1.44. The van der Waals surface area contributed by atoms with E-state index in [1.54, 1.807) is 0 Å². The van der Waals surface area contributed by atoms with Gasteiger partial charge in [-0.1, -0.05) is 19.4 Å². The van der Waals surface area contributed by atoms with Crippen LogP contribution in [-0.2, 0) is 38.2 Å². The summed E-state index contributed by atoms with van der Waals surface area (Å²) >= 11 is 0. The van der Waals surface area contributed by atoms with E-state index in [1.807, 2.05) is 13.0 Å². The summed E-state index contributed by atoms with van der Waals surface area (Å²) in [6, 6.07) is -1.48. The number of aliphatic carboxylic acids is 1. The predicted octanol–water partition coefficient (Wildman–Crippen LogP) is 2.27. The number of carbonyl (C=O) groups excluding carboxylic acids is 5. The number of ketones is 2. The van der Waals surface area contributed by atoms with E-state index in [2.05, 4.69) is 12.2 Å². The first-order valence-electron chi connectivity index (χ1n) is 14.5. The summed E-state index contributed by atoms with van der Waals surface area (Å²) in [6.07, 6.45) is 6.78. The number of ether oxygens (including phenoxy) is 2. The molecule has 4 aliphatic carbocycles. The van der Waals surface area contributed by atoms with Crippen molar-refractivity contribution in [2.24, 2.45) is 28.6 Å². The van der Waals surface area contributed by atoms with Gasteiger partial charge >= 0.3 is 17.9 Å². The third-order valence-electron chi connectivity index (χ3n) is 10.6. The SMILES string of the molecule is CC(=O)O[C@]1(C(=O)COC(=O)CCC(=O)N[C@@H](CO)C(=O)O)CC[C@H]2[C@@H]3CCC4=CC(=O)CC[C@]4(C)[C@H]3CC[C@@]21C. The molecule has 0 radical (unpaired) electrons. The molecule has 1 amide bonds. The molecule has 0 unspecified atom stereocenters. The highest BCUT2D eigenvalue weighted by Crippen LogP contribution is 2.68. The second kappa shape index (κ2) is 11.7. The van der Waals surface area contributed by atoms with Crippen molar-refractivity contribution in [3.05, 3.63) is 11.6 Å². The lowest BCUT2D eigenvalue weighted by atomic mass is 9.46. The molecule has 0 aromatic carbocycles. The minimum Gasteiger partial charge on any atom is -0.480 e. The van der Waals surface area contributed by atoms with Crippen LogP contribution in [0.5, 0.6) is 0 Å². The summed E-state index contributed by atoms with van der Waals surface area (Å²) in [4.78, 5) is 73.5. The standard InChI is InChI=1S/C30H41NO10/c1-17(33)41-30(24(35)16-40-26(37)7-6-25(36)31-23(15-32)27(38)39)13-10-22-20-5-4-18-14-19(34)8-11-28(18,2)21(20)9-12-29(22,30)3/h14,20-23,32H,4-13,15-16H2,1-3H3,(H,31,36)(H,38,39)/t20-,21+,22+,23+,28+,29+,30+/m1/s1. The molecular weight excluding hydrogens is 534 g/mol. The summed E-state index contributed by atoms with van der Waals surface area (Å²) in [6.45, 7) is 4.17. The van der Waals surface area contributed by atoms with Crippen LogP contribution in [0.2, 0.25) is 0 Å². The zero-order chi connectivity index (χ0) is 30.2. The van der Waals surface area contributed by atoms with Crippen molar-refractivity contribution in [3.63, 3.8) is 0 Å². The van der Waals surface area contributed by atoms with Crippen LogP contribution in [0.15, 0.2) is 11.6 Å². The van der Waals surface area contributed by atoms with Crippen LogP contribution in [0.3, 0.4) is 0 Å². The Hall–Kier alpha value is -3.08. The Morgan fingerprint density at radius 2 is 1.73 bits per heavy atom. The number of aliphatic hydroxyl groups excluding tert-OH is 1. The smallest absolute Gasteiger partial charge is 0.328 e. The van der Waals surface area contributed by atoms with E-state index in [0.29, 0.717) is 37.5 Å². The maximum absolute atomic E-state index is 13.8.